The molecule has 5 aliphatic rings. The number of nitrogens with two attached hydrogens (primary N) is 1. The highest BCUT2D eigenvalue weighted by Crippen LogP contribution is 2.28. The maximum atomic E-state index is 11.9. The zero-order valence-corrected chi connectivity index (χ0v) is 65.5. The third-order valence-electron chi connectivity index (χ3n) is 13.8. The number of ether oxygens (including phenoxy) is 7. The van der Waals surface area contributed by atoms with Gasteiger partial charge in [-0.15, -0.1) is 0 Å². The van der Waals surface area contributed by atoms with Crippen LogP contribution in [0.15, 0.2) is 51.8 Å². The molecule has 0 spiro atoms. The number of likely N-dealkylation sites (tertiary alicyclic amines) is 5. The van der Waals surface area contributed by atoms with Crippen molar-refractivity contribution in [1.82, 2.24) is 38.9 Å². The number of halogens is 3. The largest absolute Gasteiger partial charge is 0.516 e. The fraction of sp³-hybridized carbons (Fsp3) is 0.662. The number of alkyl halides is 1. The molecular formula is C68H103Br3N11O18+. The van der Waals surface area contributed by atoms with Crippen LogP contribution in [0.1, 0.15) is 149 Å². The molecule has 0 radical (unpaired) electrons. The number of fused-ring (bicyclic) bond motifs is 1. The standard InChI is InChI=1S/C16H20BrN3O2.C15H25NO6.C11H18BrNO3.C11H18N3O3.C10H17NO4.C5H5BrN2/c1-16(2,3)22-15(21)20-7-11(8-20)6-13-10-19-9-12(17)4-5-14(19)18-13;1-10(2)9-20-14(19)21-12(17)6-11-7-16(8-11)13(18)22-15(3,4)5;1-11(2,3)16-10(15)13-6-8(7-13)4-9(14)5-12;1-11(2,3)17-10(16)14-6-8(7-14)4-9(15)5-13-12;1-10(2,3)15-9(14)11-5-7(6-11)4-8(12)13;6-4-1-2-5(7)8-3-4/h4-5,9-11H,6-8H2,1-3H3;10-11H,6-9H2,1-5H3;8H,4-7H2,1-3H3;5,8,12H,4,6-7H2,1-3H3;7H,4-6H2,1-3H3,(H,12,13);1-3H,(H2,7,8)/q;;;+1;;. The molecule has 8 heterocycles. The molecule has 0 aliphatic carbocycles. The van der Waals surface area contributed by atoms with Gasteiger partial charge in [0.05, 0.1) is 40.8 Å². The molecule has 5 amide bonds. The van der Waals surface area contributed by atoms with E-state index in [0.717, 1.165) is 46.0 Å². The Balaban J connectivity index is 0.000000318. The maximum Gasteiger partial charge on any atom is 0.516 e. The fourth-order valence-electron chi connectivity index (χ4n) is 9.34. The number of rotatable bonds is 14. The van der Waals surface area contributed by atoms with E-state index in [4.69, 9.17) is 44.8 Å². The number of pyridine rings is 2. The number of nitrogen functional groups attached to an aromatic ring is 1. The molecule has 3 aromatic heterocycles. The average Bonchev–Trinajstić information content (AvgIpc) is 1.39. The molecular weight excluding hydrogens is 1500 g/mol. The fourth-order valence-corrected chi connectivity index (χ4v) is 10.2. The number of nitrogens with one attached hydrogen (secondary N) is 1. The Morgan fingerprint density at radius 1 is 0.570 bits per heavy atom. The number of carboxylic acid groups (broad SMARTS) is 1. The minimum absolute atomic E-state index is 0.0158. The van der Waals surface area contributed by atoms with Crippen molar-refractivity contribution < 1.29 is 91.0 Å². The summed E-state index contributed by atoms with van der Waals surface area (Å²) in [6, 6.07) is 7.56. The van der Waals surface area contributed by atoms with Gasteiger partial charge in [0.25, 0.3) is 0 Å². The smallest absolute Gasteiger partial charge is 0.481 e. The first-order chi connectivity index (χ1) is 46.1. The molecule has 558 valence electrons. The molecule has 3 aromatic rings. The molecule has 8 rings (SSSR count). The van der Waals surface area contributed by atoms with Crippen molar-refractivity contribution in [2.75, 3.05) is 83.1 Å². The third kappa shape index (κ3) is 35.7. The normalized spacial score (nSPS) is 15.6. The van der Waals surface area contributed by atoms with Gasteiger partial charge in [-0.05, 0) is 178 Å². The molecule has 5 aliphatic heterocycles. The number of esters is 1. The second-order valence-electron chi connectivity index (χ2n) is 30.2. The molecule has 0 aromatic carbocycles. The van der Waals surface area contributed by atoms with Crippen molar-refractivity contribution in [3.05, 3.63) is 57.5 Å². The summed E-state index contributed by atoms with van der Waals surface area (Å²) >= 11 is 9.81. The molecule has 4 N–H and O–H groups in total. The van der Waals surface area contributed by atoms with Crippen LogP contribution in [0.25, 0.3) is 5.65 Å². The van der Waals surface area contributed by atoms with Gasteiger partial charge in [0.2, 0.25) is 5.78 Å². The molecule has 29 nitrogen and oxygen atoms in total. The van der Waals surface area contributed by atoms with E-state index in [1.807, 2.05) is 105 Å². The number of hydrogen-bond donors (Lipinski definition) is 3. The summed E-state index contributed by atoms with van der Waals surface area (Å²) in [4.78, 5) is 133. The van der Waals surface area contributed by atoms with Crippen molar-refractivity contribution in [3.8, 4) is 0 Å². The predicted molar refractivity (Wildman–Crippen MR) is 381 cm³/mol. The monoisotopic (exact) mass is 1600 g/mol. The van der Waals surface area contributed by atoms with Crippen LogP contribution in [0.5, 0.6) is 0 Å². The summed E-state index contributed by atoms with van der Waals surface area (Å²) in [6.07, 6.45) is 6.12. The van der Waals surface area contributed by atoms with Crippen LogP contribution < -0.4 is 5.73 Å². The summed E-state index contributed by atoms with van der Waals surface area (Å²) < 4.78 is 39.4. The Morgan fingerprint density at radius 3 is 1.30 bits per heavy atom. The maximum absolute atomic E-state index is 11.9. The van der Waals surface area contributed by atoms with Crippen LogP contribution in [0.3, 0.4) is 0 Å². The second kappa shape index (κ2) is 39.1. The molecule has 5 saturated heterocycles. The Bertz CT molecular complexity index is 3260. The highest BCUT2D eigenvalue weighted by atomic mass is 79.9. The number of Topliss-reactive ketones (excluding diaryl/α,β-unsaturated/α-hetero) is 2. The summed E-state index contributed by atoms with van der Waals surface area (Å²) in [5.74, 6) is 0.276. The zero-order valence-electron chi connectivity index (χ0n) is 60.7. The van der Waals surface area contributed by atoms with E-state index in [1.165, 1.54) is 9.80 Å². The topological polar surface area (TPSA) is 366 Å². The quantitative estimate of drug-likeness (QED) is 0.0257. The van der Waals surface area contributed by atoms with E-state index in [1.54, 1.807) is 68.5 Å². The lowest BCUT2D eigenvalue weighted by molar-refractivity contribution is -0.142. The Kier molecular flexibility index (Phi) is 33.9. The number of amides is 5. The number of aromatic nitrogens is 3. The molecule has 0 unspecified atom stereocenters. The van der Waals surface area contributed by atoms with Gasteiger partial charge in [0, 0.05) is 129 Å². The summed E-state index contributed by atoms with van der Waals surface area (Å²) in [7, 11) is 0. The summed E-state index contributed by atoms with van der Waals surface area (Å²) in [5.41, 5.74) is 11.4. The number of carbonyl (C=O) groups is 10. The van der Waals surface area contributed by atoms with Gasteiger partial charge in [-0.3, -0.25) is 19.2 Å². The number of ketones is 2. The molecule has 0 atom stereocenters. The summed E-state index contributed by atoms with van der Waals surface area (Å²) in [5, 5.41) is 8.92. The first-order valence-electron chi connectivity index (χ1n) is 32.9. The van der Waals surface area contributed by atoms with Crippen LogP contribution in [0.2, 0.25) is 0 Å². The molecule has 32 heteroatoms. The van der Waals surface area contributed by atoms with E-state index in [0.29, 0.717) is 88.2 Å². The van der Waals surface area contributed by atoms with Crippen molar-refractivity contribution in [2.24, 2.45) is 35.5 Å². The minimum Gasteiger partial charge on any atom is -0.481 e. The van der Waals surface area contributed by atoms with Gasteiger partial charge >= 0.3 is 54.8 Å². The van der Waals surface area contributed by atoms with E-state index in [9.17, 15) is 47.9 Å². The first kappa shape index (κ1) is 86.8. The van der Waals surface area contributed by atoms with Crippen LogP contribution >= 0.6 is 47.8 Å². The van der Waals surface area contributed by atoms with Crippen LogP contribution in [0, 0.1) is 41.0 Å². The molecule has 0 bridgehead atoms. The zero-order chi connectivity index (χ0) is 75.8. The van der Waals surface area contributed by atoms with Gasteiger partial charge in [-0.2, -0.15) is 0 Å². The van der Waals surface area contributed by atoms with Crippen molar-refractivity contribution in [1.29, 1.82) is 5.53 Å². The van der Waals surface area contributed by atoms with Gasteiger partial charge in [-0.1, -0.05) is 29.8 Å². The SMILES string of the molecule is CC(C)(C)OC(=O)N1CC(CC(=O)C=[N+]=N)C1.CC(C)(C)OC(=O)N1CC(CC(=O)CBr)C1.CC(C)(C)OC(=O)N1CC(CC(=O)O)C1.CC(C)(C)OC(=O)N1CC(Cc2cn3cc(Br)ccc3n2)C1.CC(C)COC(=O)OC(=O)CC1CN(C(=O)OC(C)(C)C)C1.Nc1ccc(Br)cn1. The Labute approximate surface area is 611 Å². The predicted octanol–water partition coefficient (Wildman–Crippen LogP) is 12.2. The Morgan fingerprint density at radius 2 is 0.950 bits per heavy atom. The number of carboxylic acids is 1. The van der Waals surface area contributed by atoms with E-state index >= 15 is 0 Å². The van der Waals surface area contributed by atoms with E-state index < -0.39 is 52.2 Å². The number of imidazole rings is 1. The highest BCUT2D eigenvalue weighted by Gasteiger charge is 2.39. The Hall–Kier alpha value is -7.44. The molecule has 5 fully saturated rings. The first-order valence-corrected chi connectivity index (χ1v) is 35.6. The lowest BCUT2D eigenvalue weighted by Gasteiger charge is -2.39. The highest BCUT2D eigenvalue weighted by molar-refractivity contribution is 9.10. The number of aliphatic carboxylic acids is 1. The van der Waals surface area contributed by atoms with Gasteiger partial charge in [0.1, 0.15) is 45.3 Å². The average molecular weight is 1600 g/mol. The molecule has 100 heavy (non-hydrogen) atoms. The lowest BCUT2D eigenvalue weighted by atomic mass is 9.95. The van der Waals surface area contributed by atoms with Crippen LogP contribution in [-0.4, -0.2) is 220 Å². The van der Waals surface area contributed by atoms with Crippen LogP contribution in [-0.2, 0) is 58.8 Å². The van der Waals surface area contributed by atoms with Crippen molar-refractivity contribution >= 4 is 126 Å². The van der Waals surface area contributed by atoms with Crippen molar-refractivity contribution in [2.45, 2.75) is 178 Å². The van der Waals surface area contributed by atoms with Gasteiger partial charge in [-0.25, -0.2) is 38.7 Å². The number of nitrogens with zero attached hydrogens (tertiary/aromatic N) is 9. The number of hydrogen-bond acceptors (Lipinski definition) is 21. The minimum atomic E-state index is -0.970. The lowest BCUT2D eigenvalue weighted by Crippen LogP contribution is -2.52. The van der Waals surface area contributed by atoms with E-state index in [2.05, 4.69) is 73.5 Å². The van der Waals surface area contributed by atoms with Crippen molar-refractivity contribution in [3.63, 3.8) is 0 Å². The van der Waals surface area contributed by atoms with E-state index in [-0.39, 0.29) is 79.1 Å². The number of carbonyl (C=O) groups excluding carboxylic acids is 9. The molecule has 0 saturated carbocycles. The summed E-state index contributed by atoms with van der Waals surface area (Å²) in [6.45, 7) is 37.0. The van der Waals surface area contributed by atoms with Gasteiger partial charge in [0.15, 0.2) is 0 Å². The number of anilines is 1. The second-order valence-corrected chi connectivity index (χ2v) is 32.6. The van der Waals surface area contributed by atoms with Crippen LogP contribution in [0.4, 0.5) is 34.6 Å². The van der Waals surface area contributed by atoms with Gasteiger partial charge < -0.3 is 72.9 Å². The third-order valence-corrected chi connectivity index (χ3v) is 15.3.